The molecule has 0 atom stereocenters. The molecule has 0 spiro atoms. The van der Waals surface area contributed by atoms with Crippen LogP contribution in [0.1, 0.15) is 51.4 Å². The Hall–Kier alpha value is -0.880. The molecule has 5 nitrogen and oxygen atoms in total. The lowest BCUT2D eigenvalue weighted by atomic mass is 9.80. The van der Waals surface area contributed by atoms with Crippen LogP contribution in [0.15, 0.2) is 24.7 Å². The molecule has 0 aliphatic heterocycles. The van der Waals surface area contributed by atoms with Gasteiger partial charge in [0.15, 0.2) is 12.6 Å². The minimum absolute atomic E-state index is 0.0394. The van der Waals surface area contributed by atoms with Crippen LogP contribution in [0.5, 0.6) is 0 Å². The molecule has 0 unspecified atom stereocenters. The number of hydrogen-bond acceptors (Lipinski definition) is 5. The van der Waals surface area contributed by atoms with E-state index in [1.165, 1.54) is 0 Å². The Labute approximate surface area is 138 Å². The lowest BCUT2D eigenvalue weighted by Crippen LogP contribution is -2.27. The second-order valence-electron chi connectivity index (χ2n) is 7.09. The number of ether oxygens (including phenoxy) is 1. The van der Waals surface area contributed by atoms with Crippen molar-refractivity contribution >= 4 is 0 Å². The van der Waals surface area contributed by atoms with Crippen LogP contribution in [0.2, 0.25) is 0 Å². The van der Waals surface area contributed by atoms with E-state index in [9.17, 15) is 20.4 Å². The Bertz CT molecular complexity index is 364. The third kappa shape index (κ3) is 5.05. The van der Waals surface area contributed by atoms with E-state index in [2.05, 4.69) is 13.2 Å². The molecule has 132 valence electrons. The van der Waals surface area contributed by atoms with Crippen molar-refractivity contribution in [2.75, 3.05) is 0 Å². The zero-order valence-corrected chi connectivity index (χ0v) is 13.7. The fourth-order valence-corrected chi connectivity index (χ4v) is 3.81. The molecule has 2 aliphatic rings. The van der Waals surface area contributed by atoms with Crippen LogP contribution in [-0.4, -0.2) is 33.0 Å². The molecular weight excluding hydrogens is 296 g/mol. The first-order valence-electron chi connectivity index (χ1n) is 8.66. The maximum atomic E-state index is 9.23. The van der Waals surface area contributed by atoms with Crippen LogP contribution >= 0.6 is 0 Å². The summed E-state index contributed by atoms with van der Waals surface area (Å²) in [6.07, 6.45) is 4.08. The highest BCUT2D eigenvalue weighted by Crippen LogP contribution is 2.38. The number of aliphatic hydroxyl groups is 4. The van der Waals surface area contributed by atoms with Gasteiger partial charge in [-0.3, -0.25) is 0 Å². The average Bonchev–Trinajstić information content (AvgIpc) is 2.54. The smallest absolute Gasteiger partial charge is 0.154 e. The minimum Gasteiger partial charge on any atom is -0.467 e. The van der Waals surface area contributed by atoms with Gasteiger partial charge in [-0.05, 0) is 51.4 Å². The van der Waals surface area contributed by atoms with Gasteiger partial charge in [0, 0.05) is 23.7 Å². The van der Waals surface area contributed by atoms with Crippen molar-refractivity contribution < 1.29 is 25.2 Å². The number of rotatable bonds is 6. The van der Waals surface area contributed by atoms with Crippen molar-refractivity contribution in [1.82, 2.24) is 0 Å². The van der Waals surface area contributed by atoms with Crippen LogP contribution < -0.4 is 0 Å². The zero-order valence-electron chi connectivity index (χ0n) is 13.7. The first kappa shape index (κ1) is 18.5. The van der Waals surface area contributed by atoms with E-state index in [1.54, 1.807) is 0 Å². The van der Waals surface area contributed by atoms with Crippen LogP contribution in [0, 0.1) is 23.7 Å². The summed E-state index contributed by atoms with van der Waals surface area (Å²) in [7, 11) is 0. The van der Waals surface area contributed by atoms with Gasteiger partial charge in [0.1, 0.15) is 0 Å². The Morgan fingerprint density at radius 2 is 0.957 bits per heavy atom. The van der Waals surface area contributed by atoms with Crippen molar-refractivity contribution in [2.24, 2.45) is 23.7 Å². The van der Waals surface area contributed by atoms with Crippen molar-refractivity contribution in [3.05, 3.63) is 24.7 Å². The number of aliphatic hydroxyl groups excluding tert-OH is 2. The van der Waals surface area contributed by atoms with Crippen LogP contribution in [0.4, 0.5) is 0 Å². The van der Waals surface area contributed by atoms with E-state index >= 15 is 0 Å². The molecule has 0 aromatic heterocycles. The van der Waals surface area contributed by atoms with Gasteiger partial charge in [0.05, 0.1) is 11.5 Å². The van der Waals surface area contributed by atoms with Crippen molar-refractivity contribution in [2.45, 2.75) is 63.9 Å². The first-order chi connectivity index (χ1) is 10.9. The molecule has 0 bridgehead atoms. The third-order valence-electron chi connectivity index (χ3n) is 5.56. The molecule has 0 radical (unpaired) electrons. The molecule has 4 N–H and O–H groups in total. The molecule has 5 heteroatoms. The van der Waals surface area contributed by atoms with E-state index in [-0.39, 0.29) is 23.7 Å². The largest absolute Gasteiger partial charge is 0.467 e. The Morgan fingerprint density at radius 1 is 0.652 bits per heavy atom. The second-order valence-corrected chi connectivity index (χ2v) is 7.09. The molecular formula is C18H30O5. The van der Waals surface area contributed by atoms with Crippen molar-refractivity contribution in [3.8, 4) is 0 Å². The summed E-state index contributed by atoms with van der Waals surface area (Å²) in [6.45, 7) is 8.08. The van der Waals surface area contributed by atoms with E-state index < -0.39 is 12.6 Å². The minimum atomic E-state index is -1.22. The Kier molecular flexibility index (Phi) is 6.65. The molecule has 0 aromatic carbocycles. The van der Waals surface area contributed by atoms with Gasteiger partial charge in [0.2, 0.25) is 0 Å². The van der Waals surface area contributed by atoms with Gasteiger partial charge in [0.25, 0.3) is 0 Å². The Balaban J connectivity index is 1.74. The molecule has 2 fully saturated rings. The molecule has 0 aromatic rings. The van der Waals surface area contributed by atoms with E-state index in [0.717, 1.165) is 62.9 Å². The standard InChI is InChI=1S/C18H30O5/c1-11(13-3-7-15(8-4-13)17(19)20)23-12(2)14-5-9-16(10-6-14)18(21)22/h13-22H,1-10H2. The Morgan fingerprint density at radius 3 is 1.22 bits per heavy atom. The molecule has 2 saturated carbocycles. The fraction of sp³-hybridized carbons (Fsp3) is 0.778. The second kappa shape index (κ2) is 8.29. The predicted molar refractivity (Wildman–Crippen MR) is 86.7 cm³/mol. The highest BCUT2D eigenvalue weighted by atomic mass is 16.5. The molecule has 2 aliphatic carbocycles. The zero-order chi connectivity index (χ0) is 17.0. The molecule has 2 rings (SSSR count). The highest BCUT2D eigenvalue weighted by molar-refractivity contribution is 5.03. The summed E-state index contributed by atoms with van der Waals surface area (Å²) in [4.78, 5) is 0. The summed E-state index contributed by atoms with van der Waals surface area (Å²) in [6, 6.07) is 0. The molecule has 23 heavy (non-hydrogen) atoms. The lowest BCUT2D eigenvalue weighted by molar-refractivity contribution is -0.0965. The van der Waals surface area contributed by atoms with Crippen LogP contribution in [0.3, 0.4) is 0 Å². The fourth-order valence-electron chi connectivity index (χ4n) is 3.81. The quantitative estimate of drug-likeness (QED) is 0.444. The van der Waals surface area contributed by atoms with E-state index in [4.69, 9.17) is 4.74 Å². The maximum Gasteiger partial charge on any atom is 0.154 e. The summed E-state index contributed by atoms with van der Waals surface area (Å²) < 4.78 is 5.88. The first-order valence-corrected chi connectivity index (χ1v) is 8.66. The molecule has 0 saturated heterocycles. The third-order valence-corrected chi connectivity index (χ3v) is 5.56. The van der Waals surface area contributed by atoms with Gasteiger partial charge < -0.3 is 25.2 Å². The van der Waals surface area contributed by atoms with Crippen LogP contribution in [0.25, 0.3) is 0 Å². The maximum absolute atomic E-state index is 9.23. The van der Waals surface area contributed by atoms with Gasteiger partial charge in [-0.15, -0.1) is 0 Å². The van der Waals surface area contributed by atoms with Crippen molar-refractivity contribution in [1.29, 1.82) is 0 Å². The molecule has 0 heterocycles. The summed E-state index contributed by atoms with van der Waals surface area (Å²) in [5.41, 5.74) is 0. The van der Waals surface area contributed by atoms with Gasteiger partial charge in [-0.25, -0.2) is 0 Å². The normalized spacial score (nSPS) is 32.1. The summed E-state index contributed by atoms with van der Waals surface area (Å²) in [5, 5.41) is 36.9. The number of allylic oxidation sites excluding steroid dienone is 2. The van der Waals surface area contributed by atoms with Crippen molar-refractivity contribution in [3.63, 3.8) is 0 Å². The van der Waals surface area contributed by atoms with Gasteiger partial charge >= 0.3 is 0 Å². The summed E-state index contributed by atoms with van der Waals surface area (Å²) >= 11 is 0. The SMILES string of the molecule is C=C(OC(=C)C1CCC(C(O)O)CC1)C1CCC(C(O)O)CC1. The lowest BCUT2D eigenvalue weighted by Gasteiger charge is -2.33. The topological polar surface area (TPSA) is 90.2 Å². The average molecular weight is 326 g/mol. The van der Waals surface area contributed by atoms with Gasteiger partial charge in [-0.1, -0.05) is 13.2 Å². The highest BCUT2D eigenvalue weighted by Gasteiger charge is 2.30. The van der Waals surface area contributed by atoms with Crippen LogP contribution in [-0.2, 0) is 4.74 Å². The molecule has 0 amide bonds. The predicted octanol–water partition coefficient (Wildman–Crippen LogP) is 2.26. The van der Waals surface area contributed by atoms with E-state index in [0.29, 0.717) is 0 Å². The van der Waals surface area contributed by atoms with E-state index in [1.807, 2.05) is 0 Å². The number of hydrogen-bond donors (Lipinski definition) is 4. The van der Waals surface area contributed by atoms with Gasteiger partial charge in [-0.2, -0.15) is 0 Å². The summed E-state index contributed by atoms with van der Waals surface area (Å²) in [5.74, 6) is 1.87. The monoisotopic (exact) mass is 326 g/mol.